The van der Waals surface area contributed by atoms with E-state index in [1.807, 2.05) is 36.0 Å². The van der Waals surface area contributed by atoms with Crippen molar-refractivity contribution in [3.05, 3.63) is 29.8 Å². The smallest absolute Gasteiger partial charge is 0.221 e. The van der Waals surface area contributed by atoms with E-state index < -0.39 is 0 Å². The summed E-state index contributed by atoms with van der Waals surface area (Å²) in [5.41, 5.74) is 1.01. The van der Waals surface area contributed by atoms with Crippen molar-refractivity contribution in [1.82, 2.24) is 10.2 Å². The molecule has 0 atom stereocenters. The third kappa shape index (κ3) is 4.72. The summed E-state index contributed by atoms with van der Waals surface area (Å²) in [7, 11) is 1.65. The van der Waals surface area contributed by atoms with Gasteiger partial charge in [-0.3, -0.25) is 4.79 Å². The molecular formula is C15H22N2O2S. The molecule has 4 nitrogen and oxygen atoms in total. The van der Waals surface area contributed by atoms with Crippen LogP contribution in [0.2, 0.25) is 0 Å². The van der Waals surface area contributed by atoms with Crippen LogP contribution in [0.25, 0.3) is 0 Å². The lowest BCUT2D eigenvalue weighted by molar-refractivity contribution is -0.121. The SMILES string of the molecule is COc1ccccc1CNC(=O)CCN1CCSCC1. The van der Waals surface area contributed by atoms with E-state index in [0.29, 0.717) is 13.0 Å². The molecule has 1 aliphatic heterocycles. The Hall–Kier alpha value is -1.20. The van der Waals surface area contributed by atoms with Gasteiger partial charge in [0.25, 0.3) is 0 Å². The average Bonchev–Trinajstić information content (AvgIpc) is 2.52. The first-order chi connectivity index (χ1) is 9.79. The number of carbonyl (C=O) groups excluding carboxylic acids is 1. The number of hydrogen-bond donors (Lipinski definition) is 1. The van der Waals surface area contributed by atoms with Gasteiger partial charge in [0.15, 0.2) is 0 Å². The quantitative estimate of drug-likeness (QED) is 0.868. The molecule has 0 spiro atoms. The van der Waals surface area contributed by atoms with Gasteiger partial charge < -0.3 is 15.0 Å². The monoisotopic (exact) mass is 294 g/mol. The van der Waals surface area contributed by atoms with Crippen molar-refractivity contribution >= 4 is 17.7 Å². The second kappa shape index (κ2) is 8.17. The maximum absolute atomic E-state index is 11.9. The Balaban J connectivity index is 1.71. The highest BCUT2D eigenvalue weighted by molar-refractivity contribution is 7.99. The van der Waals surface area contributed by atoms with Gasteiger partial charge in [-0.2, -0.15) is 11.8 Å². The van der Waals surface area contributed by atoms with Crippen molar-refractivity contribution in [2.24, 2.45) is 0 Å². The average molecular weight is 294 g/mol. The van der Waals surface area contributed by atoms with E-state index in [1.165, 1.54) is 11.5 Å². The maximum Gasteiger partial charge on any atom is 0.221 e. The van der Waals surface area contributed by atoms with Crippen molar-refractivity contribution in [2.45, 2.75) is 13.0 Å². The van der Waals surface area contributed by atoms with E-state index in [-0.39, 0.29) is 5.91 Å². The molecule has 5 heteroatoms. The van der Waals surface area contributed by atoms with E-state index in [0.717, 1.165) is 30.9 Å². The van der Waals surface area contributed by atoms with E-state index >= 15 is 0 Å². The highest BCUT2D eigenvalue weighted by atomic mass is 32.2. The third-order valence-electron chi connectivity index (χ3n) is 3.43. The lowest BCUT2D eigenvalue weighted by Gasteiger charge is -2.25. The predicted molar refractivity (Wildman–Crippen MR) is 83.2 cm³/mol. The van der Waals surface area contributed by atoms with E-state index in [2.05, 4.69) is 10.2 Å². The molecule has 0 bridgehead atoms. The minimum absolute atomic E-state index is 0.106. The van der Waals surface area contributed by atoms with E-state index in [1.54, 1.807) is 7.11 Å². The van der Waals surface area contributed by atoms with Gasteiger partial charge in [-0.15, -0.1) is 0 Å². The van der Waals surface area contributed by atoms with Crippen LogP contribution in [0.4, 0.5) is 0 Å². The van der Waals surface area contributed by atoms with Crippen molar-refractivity contribution in [2.75, 3.05) is 38.2 Å². The number of ether oxygens (including phenoxy) is 1. The summed E-state index contributed by atoms with van der Waals surface area (Å²) in [4.78, 5) is 14.2. The first-order valence-electron chi connectivity index (χ1n) is 6.98. The van der Waals surface area contributed by atoms with E-state index in [4.69, 9.17) is 4.74 Å². The van der Waals surface area contributed by atoms with Crippen LogP contribution in [0, 0.1) is 0 Å². The predicted octanol–water partition coefficient (Wildman–Crippen LogP) is 1.75. The van der Waals surface area contributed by atoms with Crippen LogP contribution in [-0.2, 0) is 11.3 Å². The fraction of sp³-hybridized carbons (Fsp3) is 0.533. The number of carbonyl (C=O) groups is 1. The van der Waals surface area contributed by atoms with Crippen LogP contribution in [0.1, 0.15) is 12.0 Å². The number of rotatable bonds is 6. The summed E-state index contributed by atoms with van der Waals surface area (Å²) in [5.74, 6) is 3.29. The molecule has 20 heavy (non-hydrogen) atoms. The summed E-state index contributed by atoms with van der Waals surface area (Å²) < 4.78 is 5.27. The molecule has 0 radical (unpaired) electrons. The van der Waals surface area contributed by atoms with Crippen LogP contribution in [0.3, 0.4) is 0 Å². The summed E-state index contributed by atoms with van der Waals surface area (Å²) in [6, 6.07) is 7.77. The molecule has 0 unspecified atom stereocenters. The highest BCUT2D eigenvalue weighted by Crippen LogP contribution is 2.16. The van der Waals surface area contributed by atoms with Gasteiger partial charge in [0, 0.05) is 49.7 Å². The molecule has 1 saturated heterocycles. The first kappa shape index (κ1) is 15.2. The fourth-order valence-electron chi connectivity index (χ4n) is 2.22. The normalized spacial score (nSPS) is 15.8. The van der Waals surface area contributed by atoms with Crippen molar-refractivity contribution in [3.63, 3.8) is 0 Å². The maximum atomic E-state index is 11.9. The van der Waals surface area contributed by atoms with Crippen LogP contribution in [0.15, 0.2) is 24.3 Å². The molecule has 1 amide bonds. The van der Waals surface area contributed by atoms with Crippen molar-refractivity contribution in [3.8, 4) is 5.75 Å². The minimum Gasteiger partial charge on any atom is -0.496 e. The largest absolute Gasteiger partial charge is 0.496 e. The number of methoxy groups -OCH3 is 1. The molecule has 1 N–H and O–H groups in total. The molecule has 2 rings (SSSR count). The molecule has 1 aliphatic rings. The zero-order valence-electron chi connectivity index (χ0n) is 11.9. The number of nitrogens with zero attached hydrogens (tertiary/aromatic N) is 1. The molecule has 1 heterocycles. The van der Waals surface area contributed by atoms with Crippen molar-refractivity contribution in [1.29, 1.82) is 0 Å². The fourth-order valence-corrected chi connectivity index (χ4v) is 3.19. The number of thioether (sulfide) groups is 1. The lowest BCUT2D eigenvalue weighted by Crippen LogP contribution is -2.36. The van der Waals surface area contributed by atoms with Crippen molar-refractivity contribution < 1.29 is 9.53 Å². The second-order valence-electron chi connectivity index (χ2n) is 4.79. The third-order valence-corrected chi connectivity index (χ3v) is 4.37. The summed E-state index contributed by atoms with van der Waals surface area (Å²) in [5, 5.41) is 2.96. The van der Waals surface area contributed by atoms with Crippen LogP contribution in [-0.4, -0.2) is 49.1 Å². The Kier molecular flexibility index (Phi) is 6.21. The zero-order valence-corrected chi connectivity index (χ0v) is 12.7. The van der Waals surface area contributed by atoms with Gasteiger partial charge >= 0.3 is 0 Å². The summed E-state index contributed by atoms with van der Waals surface area (Å²) >= 11 is 1.99. The van der Waals surface area contributed by atoms with Gasteiger partial charge in [0.1, 0.15) is 5.75 Å². The molecule has 0 aliphatic carbocycles. The molecule has 1 aromatic rings. The molecular weight excluding hydrogens is 272 g/mol. The standard InChI is InChI=1S/C15H22N2O2S/c1-19-14-5-3-2-4-13(14)12-16-15(18)6-7-17-8-10-20-11-9-17/h2-5H,6-12H2,1H3,(H,16,18). The number of hydrogen-bond acceptors (Lipinski definition) is 4. The van der Waals surface area contributed by atoms with Crippen LogP contribution < -0.4 is 10.1 Å². The molecule has 0 saturated carbocycles. The summed E-state index contributed by atoms with van der Waals surface area (Å²) in [6.07, 6.45) is 0.569. The molecule has 1 fully saturated rings. The van der Waals surface area contributed by atoms with Gasteiger partial charge in [-0.05, 0) is 6.07 Å². The van der Waals surface area contributed by atoms with Gasteiger partial charge in [0.05, 0.1) is 7.11 Å². The summed E-state index contributed by atoms with van der Waals surface area (Å²) in [6.45, 7) is 3.59. The molecule has 0 aromatic heterocycles. The Morgan fingerprint density at radius 1 is 1.35 bits per heavy atom. The Morgan fingerprint density at radius 2 is 2.10 bits per heavy atom. The highest BCUT2D eigenvalue weighted by Gasteiger charge is 2.12. The number of nitrogens with one attached hydrogen (secondary N) is 1. The second-order valence-corrected chi connectivity index (χ2v) is 6.02. The number of para-hydroxylation sites is 1. The minimum atomic E-state index is 0.106. The van der Waals surface area contributed by atoms with Crippen LogP contribution in [0.5, 0.6) is 5.75 Å². The Morgan fingerprint density at radius 3 is 2.85 bits per heavy atom. The lowest BCUT2D eigenvalue weighted by atomic mass is 10.2. The van der Waals surface area contributed by atoms with E-state index in [9.17, 15) is 4.79 Å². The topological polar surface area (TPSA) is 41.6 Å². The Bertz CT molecular complexity index is 434. The molecule has 1 aromatic carbocycles. The number of benzene rings is 1. The van der Waals surface area contributed by atoms with Gasteiger partial charge in [-0.25, -0.2) is 0 Å². The first-order valence-corrected chi connectivity index (χ1v) is 8.14. The van der Waals surface area contributed by atoms with Gasteiger partial charge in [0.2, 0.25) is 5.91 Å². The van der Waals surface area contributed by atoms with Gasteiger partial charge in [-0.1, -0.05) is 18.2 Å². The number of amides is 1. The van der Waals surface area contributed by atoms with Crippen LogP contribution >= 0.6 is 11.8 Å². The molecule has 110 valence electrons. The zero-order chi connectivity index (χ0) is 14.2. The Labute approximate surface area is 124 Å².